The van der Waals surface area contributed by atoms with Crippen LogP contribution in [0.1, 0.15) is 0 Å². The second kappa shape index (κ2) is 9.05. The lowest BCUT2D eigenvalue weighted by atomic mass is 10.0. The van der Waals surface area contributed by atoms with Crippen LogP contribution in [0.25, 0.3) is 105 Å². The maximum absolute atomic E-state index is 6.77. The van der Waals surface area contributed by atoms with Crippen LogP contribution in [0.5, 0.6) is 0 Å². The highest BCUT2D eigenvalue weighted by molar-refractivity contribution is 6.19. The van der Waals surface area contributed by atoms with Crippen LogP contribution in [0.4, 0.5) is 0 Å². The third kappa shape index (κ3) is 3.37. The predicted molar refractivity (Wildman–Crippen MR) is 191 cm³/mol. The van der Waals surface area contributed by atoms with E-state index in [4.69, 9.17) is 18.8 Å². The molecule has 0 unspecified atom stereocenters. The molecule has 11 rings (SSSR count). The van der Waals surface area contributed by atoms with Crippen molar-refractivity contribution in [2.75, 3.05) is 0 Å². The molecule has 47 heavy (non-hydrogen) atoms. The summed E-state index contributed by atoms with van der Waals surface area (Å²) in [5.74, 6) is 0.596. The van der Waals surface area contributed by atoms with Gasteiger partial charge in [-0.2, -0.15) is 0 Å². The molecule has 0 amide bonds. The van der Waals surface area contributed by atoms with Crippen molar-refractivity contribution in [3.8, 4) is 17.2 Å². The second-order valence-electron chi connectivity index (χ2n) is 12.2. The first kappa shape index (κ1) is 24.8. The molecule has 0 N–H and O–H groups in total. The van der Waals surface area contributed by atoms with Gasteiger partial charge in [-0.15, -0.1) is 0 Å². The average Bonchev–Trinajstić information content (AvgIpc) is 3.79. The Labute approximate surface area is 266 Å². The highest BCUT2D eigenvalue weighted by Crippen LogP contribution is 2.41. The molecule has 5 nitrogen and oxygen atoms in total. The van der Waals surface area contributed by atoms with Crippen LogP contribution in [0.15, 0.2) is 148 Å². The maximum atomic E-state index is 6.77. The summed E-state index contributed by atoms with van der Waals surface area (Å²) in [6, 6.07) is 48.3. The zero-order valence-corrected chi connectivity index (χ0v) is 24.9. The van der Waals surface area contributed by atoms with Crippen molar-refractivity contribution in [3.05, 3.63) is 140 Å². The Morgan fingerprint density at radius 2 is 1.17 bits per heavy atom. The quantitative estimate of drug-likeness (QED) is 0.198. The Morgan fingerprint density at radius 1 is 0.426 bits per heavy atom. The molecule has 0 aliphatic carbocycles. The van der Waals surface area contributed by atoms with Gasteiger partial charge in [0.05, 0.1) is 22.2 Å². The monoisotopic (exact) mass is 601 g/mol. The van der Waals surface area contributed by atoms with Crippen LogP contribution >= 0.6 is 0 Å². The number of benzene rings is 7. The van der Waals surface area contributed by atoms with Crippen molar-refractivity contribution >= 4 is 87.4 Å². The van der Waals surface area contributed by atoms with E-state index in [1.807, 2.05) is 24.3 Å². The van der Waals surface area contributed by atoms with Gasteiger partial charge < -0.3 is 8.83 Å². The standard InChI is InChI=1S/C42H23N3O2/c1-2-11-25-24(10-1)20-21-29-28-15-9-16-31(41(28)47-40(25)29)39-30-14-3-6-17-34(30)43-42(44-39)45-35-18-7-4-12-26(35)32-22-33-27-13-5-8-19-37(27)46-38(33)23-36(32)45/h1-23H. The fourth-order valence-corrected chi connectivity index (χ4v) is 7.49. The van der Waals surface area contributed by atoms with E-state index in [9.17, 15) is 0 Å². The van der Waals surface area contributed by atoms with Crippen molar-refractivity contribution < 1.29 is 8.83 Å². The molecule has 0 aliphatic heterocycles. The molecule has 0 radical (unpaired) electrons. The van der Waals surface area contributed by atoms with E-state index in [1.54, 1.807) is 0 Å². The normalized spacial score (nSPS) is 12.3. The van der Waals surface area contributed by atoms with Gasteiger partial charge >= 0.3 is 0 Å². The van der Waals surface area contributed by atoms with Gasteiger partial charge in [0.15, 0.2) is 0 Å². The molecular weight excluding hydrogens is 578 g/mol. The van der Waals surface area contributed by atoms with E-state index in [1.165, 1.54) is 0 Å². The summed E-state index contributed by atoms with van der Waals surface area (Å²) in [5, 5.41) is 9.85. The van der Waals surface area contributed by atoms with Crippen molar-refractivity contribution in [1.29, 1.82) is 0 Å². The molecule has 218 valence electrons. The lowest BCUT2D eigenvalue weighted by Gasteiger charge is -2.12. The minimum Gasteiger partial charge on any atom is -0.456 e. The predicted octanol–water partition coefficient (Wildman–Crippen LogP) is 11.3. The molecule has 0 atom stereocenters. The molecular formula is C42H23N3O2. The minimum absolute atomic E-state index is 0.596. The zero-order valence-electron chi connectivity index (χ0n) is 24.9. The van der Waals surface area contributed by atoms with Gasteiger partial charge in [0.2, 0.25) is 5.95 Å². The number of rotatable bonds is 2. The highest BCUT2D eigenvalue weighted by Gasteiger charge is 2.21. The lowest BCUT2D eigenvalue weighted by molar-refractivity contribution is 0.669. The number of para-hydroxylation sites is 4. The van der Waals surface area contributed by atoms with Crippen LogP contribution in [-0.4, -0.2) is 14.5 Å². The third-order valence-corrected chi connectivity index (χ3v) is 9.61. The fourth-order valence-electron chi connectivity index (χ4n) is 7.49. The molecule has 11 aromatic rings. The summed E-state index contributed by atoms with van der Waals surface area (Å²) in [7, 11) is 0. The number of furan rings is 2. The van der Waals surface area contributed by atoms with Crippen LogP contribution in [0.2, 0.25) is 0 Å². The molecule has 0 spiro atoms. The molecule has 5 heteroatoms. The largest absolute Gasteiger partial charge is 0.456 e. The molecule has 0 bridgehead atoms. The molecule has 0 saturated heterocycles. The first-order valence-electron chi connectivity index (χ1n) is 15.8. The SMILES string of the molecule is c1ccc2c(c1)ccc1c3cccc(-c4nc(-n5c6ccccc6c6cc7c(cc65)oc5ccccc57)nc5ccccc45)c3oc21. The van der Waals surface area contributed by atoms with Crippen LogP contribution in [-0.2, 0) is 0 Å². The first-order valence-corrected chi connectivity index (χ1v) is 15.8. The van der Waals surface area contributed by atoms with Crippen molar-refractivity contribution in [2.45, 2.75) is 0 Å². The lowest BCUT2D eigenvalue weighted by Crippen LogP contribution is -2.03. The molecule has 4 heterocycles. The van der Waals surface area contributed by atoms with Crippen molar-refractivity contribution in [2.24, 2.45) is 0 Å². The van der Waals surface area contributed by atoms with E-state index in [0.717, 1.165) is 98.6 Å². The third-order valence-electron chi connectivity index (χ3n) is 9.61. The molecule has 0 aliphatic rings. The maximum Gasteiger partial charge on any atom is 0.235 e. The van der Waals surface area contributed by atoms with E-state index in [0.29, 0.717) is 5.95 Å². The topological polar surface area (TPSA) is 57.0 Å². The Kier molecular flexibility index (Phi) is 4.78. The van der Waals surface area contributed by atoms with Gasteiger partial charge in [-0.3, -0.25) is 4.57 Å². The summed E-state index contributed by atoms with van der Waals surface area (Å²) < 4.78 is 15.3. The van der Waals surface area contributed by atoms with Gasteiger partial charge in [-0.25, -0.2) is 9.97 Å². The number of hydrogen-bond acceptors (Lipinski definition) is 4. The van der Waals surface area contributed by atoms with Gasteiger partial charge in [-0.05, 0) is 41.8 Å². The Balaban J connectivity index is 1.24. The zero-order chi connectivity index (χ0) is 30.6. The fraction of sp³-hybridized carbons (Fsp3) is 0. The second-order valence-corrected chi connectivity index (χ2v) is 12.2. The van der Waals surface area contributed by atoms with E-state index in [-0.39, 0.29) is 0 Å². The first-order chi connectivity index (χ1) is 23.3. The molecule has 0 fully saturated rings. The molecule has 4 aromatic heterocycles. The number of fused-ring (bicyclic) bond motifs is 12. The van der Waals surface area contributed by atoms with Crippen LogP contribution < -0.4 is 0 Å². The Morgan fingerprint density at radius 3 is 2.11 bits per heavy atom. The molecule has 0 saturated carbocycles. The van der Waals surface area contributed by atoms with Gasteiger partial charge in [0, 0.05) is 54.7 Å². The summed E-state index contributed by atoms with van der Waals surface area (Å²) in [6.45, 7) is 0. The smallest absolute Gasteiger partial charge is 0.235 e. The van der Waals surface area contributed by atoms with E-state index in [2.05, 4.69) is 120 Å². The minimum atomic E-state index is 0.596. The number of aromatic nitrogens is 3. The van der Waals surface area contributed by atoms with E-state index < -0.39 is 0 Å². The van der Waals surface area contributed by atoms with E-state index >= 15 is 0 Å². The van der Waals surface area contributed by atoms with Gasteiger partial charge in [0.25, 0.3) is 0 Å². The number of nitrogens with zero attached hydrogens (tertiary/aromatic N) is 3. The molecule has 7 aromatic carbocycles. The average molecular weight is 602 g/mol. The Hall–Kier alpha value is -6.46. The summed E-state index contributed by atoms with van der Waals surface area (Å²) >= 11 is 0. The Bertz CT molecular complexity index is 3090. The van der Waals surface area contributed by atoms with Crippen LogP contribution in [0.3, 0.4) is 0 Å². The van der Waals surface area contributed by atoms with Crippen molar-refractivity contribution in [3.63, 3.8) is 0 Å². The van der Waals surface area contributed by atoms with Crippen LogP contribution in [0, 0.1) is 0 Å². The van der Waals surface area contributed by atoms with Crippen molar-refractivity contribution in [1.82, 2.24) is 14.5 Å². The summed E-state index contributed by atoms with van der Waals surface area (Å²) in [5.41, 5.74) is 8.08. The summed E-state index contributed by atoms with van der Waals surface area (Å²) in [6.07, 6.45) is 0. The van der Waals surface area contributed by atoms with Gasteiger partial charge in [-0.1, -0.05) is 97.1 Å². The summed E-state index contributed by atoms with van der Waals surface area (Å²) in [4.78, 5) is 10.6. The highest BCUT2D eigenvalue weighted by atomic mass is 16.3. The number of hydrogen-bond donors (Lipinski definition) is 0. The van der Waals surface area contributed by atoms with Gasteiger partial charge in [0.1, 0.15) is 22.3 Å².